The molecule has 2 heterocycles. The quantitative estimate of drug-likeness (QED) is 0.770. The molecule has 1 N–H and O–H groups in total. The van der Waals surface area contributed by atoms with Gasteiger partial charge in [-0.1, -0.05) is 6.07 Å². The number of nitrogens with zero attached hydrogens (tertiary/aromatic N) is 2. The Kier molecular flexibility index (Phi) is 5.01. The molecule has 24 heavy (non-hydrogen) atoms. The number of thiazole rings is 1. The highest BCUT2D eigenvalue weighted by Crippen LogP contribution is 2.20. The lowest BCUT2D eigenvalue weighted by Crippen LogP contribution is -2.25. The van der Waals surface area contributed by atoms with Crippen LogP contribution in [0.3, 0.4) is 0 Å². The molecule has 3 aromatic rings. The van der Waals surface area contributed by atoms with Crippen LogP contribution in [0.25, 0.3) is 11.3 Å². The minimum atomic E-state index is -0.0397. The number of nitrogens with one attached hydrogen (secondary N) is 1. The molecule has 4 nitrogen and oxygen atoms in total. The molecule has 0 aliphatic rings. The van der Waals surface area contributed by atoms with Crippen molar-refractivity contribution in [2.45, 2.75) is 20.3 Å². The summed E-state index contributed by atoms with van der Waals surface area (Å²) in [4.78, 5) is 20.9. The zero-order valence-corrected chi connectivity index (χ0v) is 14.6. The summed E-state index contributed by atoms with van der Waals surface area (Å²) in [6.45, 7) is 4.63. The second-order valence-electron chi connectivity index (χ2n) is 5.67. The molecule has 0 bridgehead atoms. The highest BCUT2D eigenvalue weighted by atomic mass is 32.1. The second kappa shape index (κ2) is 7.36. The van der Waals surface area contributed by atoms with Gasteiger partial charge in [0.05, 0.1) is 10.7 Å². The van der Waals surface area contributed by atoms with Gasteiger partial charge in [-0.05, 0) is 49.2 Å². The molecule has 0 atom stereocenters. The smallest absolute Gasteiger partial charge is 0.251 e. The number of hydrogen-bond acceptors (Lipinski definition) is 4. The van der Waals surface area contributed by atoms with E-state index in [1.807, 2.05) is 49.6 Å². The molecule has 1 aromatic carbocycles. The summed E-state index contributed by atoms with van der Waals surface area (Å²) in [5.74, 6) is -0.0397. The molecule has 0 saturated carbocycles. The predicted molar refractivity (Wildman–Crippen MR) is 97.3 cm³/mol. The lowest BCUT2D eigenvalue weighted by atomic mass is 10.1. The molecule has 0 aliphatic carbocycles. The van der Waals surface area contributed by atoms with Crippen LogP contribution in [0.15, 0.2) is 48.1 Å². The molecule has 0 unspecified atom stereocenters. The molecular formula is C19H19N3OS. The molecule has 0 saturated heterocycles. The Morgan fingerprint density at radius 1 is 1.21 bits per heavy atom. The number of carbonyl (C=O) groups is 1. The van der Waals surface area contributed by atoms with Crippen molar-refractivity contribution in [2.75, 3.05) is 6.54 Å². The summed E-state index contributed by atoms with van der Waals surface area (Å²) in [5.41, 5.74) is 4.97. The van der Waals surface area contributed by atoms with Crippen LogP contribution in [0.1, 0.15) is 26.5 Å². The molecule has 0 aliphatic heterocycles. The van der Waals surface area contributed by atoms with Gasteiger partial charge < -0.3 is 5.32 Å². The van der Waals surface area contributed by atoms with E-state index in [0.717, 1.165) is 28.2 Å². The number of amides is 1. The number of hydrogen-bond donors (Lipinski definition) is 1. The number of benzene rings is 1. The van der Waals surface area contributed by atoms with Crippen molar-refractivity contribution >= 4 is 17.2 Å². The topological polar surface area (TPSA) is 54.9 Å². The maximum absolute atomic E-state index is 12.2. The zero-order valence-electron chi connectivity index (χ0n) is 13.7. The fraction of sp³-hybridized carbons (Fsp3) is 0.211. The van der Waals surface area contributed by atoms with Crippen molar-refractivity contribution in [3.05, 3.63) is 69.8 Å². The summed E-state index contributed by atoms with van der Waals surface area (Å²) >= 11 is 1.61. The molecule has 122 valence electrons. The highest BCUT2D eigenvalue weighted by Gasteiger charge is 2.08. The van der Waals surface area contributed by atoms with Crippen molar-refractivity contribution < 1.29 is 4.79 Å². The van der Waals surface area contributed by atoms with Crippen molar-refractivity contribution in [1.29, 1.82) is 0 Å². The van der Waals surface area contributed by atoms with Gasteiger partial charge in [-0.3, -0.25) is 9.78 Å². The van der Waals surface area contributed by atoms with Gasteiger partial charge in [0, 0.05) is 41.9 Å². The summed E-state index contributed by atoms with van der Waals surface area (Å²) in [5, 5.41) is 5.99. The van der Waals surface area contributed by atoms with E-state index in [1.54, 1.807) is 23.7 Å². The van der Waals surface area contributed by atoms with E-state index in [1.165, 1.54) is 5.56 Å². The van der Waals surface area contributed by atoms with Crippen LogP contribution in [0.4, 0.5) is 0 Å². The maximum atomic E-state index is 12.2. The fourth-order valence-corrected chi connectivity index (χ4v) is 3.15. The number of carbonyl (C=O) groups excluding carboxylic acids is 1. The molecule has 0 fully saturated rings. The summed E-state index contributed by atoms with van der Waals surface area (Å²) in [6.07, 6.45) is 4.28. The fourth-order valence-electron chi connectivity index (χ4n) is 2.34. The Hall–Kier alpha value is -2.53. The number of aromatic nitrogens is 2. The first kappa shape index (κ1) is 16.3. The second-order valence-corrected chi connectivity index (χ2v) is 6.62. The van der Waals surface area contributed by atoms with Gasteiger partial charge in [0.1, 0.15) is 0 Å². The molecule has 1 amide bonds. The standard InChI is InChI=1S/C19H19N3OS/c1-13-5-6-15(10-14(13)2)19(23)21-9-7-18-22-17(12-24-18)16-4-3-8-20-11-16/h3-6,8,10-12H,7,9H2,1-2H3,(H,21,23). The van der Waals surface area contributed by atoms with E-state index in [9.17, 15) is 4.79 Å². The van der Waals surface area contributed by atoms with Crippen LogP contribution in [0, 0.1) is 13.8 Å². The summed E-state index contributed by atoms with van der Waals surface area (Å²) in [7, 11) is 0. The summed E-state index contributed by atoms with van der Waals surface area (Å²) in [6, 6.07) is 9.66. The van der Waals surface area contributed by atoms with Crippen molar-refractivity contribution in [2.24, 2.45) is 0 Å². The van der Waals surface area contributed by atoms with E-state index >= 15 is 0 Å². The van der Waals surface area contributed by atoms with Crippen LogP contribution in [0.2, 0.25) is 0 Å². The van der Waals surface area contributed by atoms with Gasteiger partial charge >= 0.3 is 0 Å². The van der Waals surface area contributed by atoms with Crippen molar-refractivity contribution in [3.63, 3.8) is 0 Å². The molecule has 0 radical (unpaired) electrons. The molecule has 2 aromatic heterocycles. The molecule has 0 spiro atoms. The van der Waals surface area contributed by atoms with Gasteiger partial charge in [0.15, 0.2) is 0 Å². The van der Waals surface area contributed by atoms with Gasteiger partial charge in [-0.2, -0.15) is 0 Å². The Morgan fingerprint density at radius 3 is 2.83 bits per heavy atom. The Bertz CT molecular complexity index is 843. The van der Waals surface area contributed by atoms with E-state index in [-0.39, 0.29) is 5.91 Å². The van der Waals surface area contributed by atoms with Crippen LogP contribution in [-0.2, 0) is 6.42 Å². The van der Waals surface area contributed by atoms with Crippen molar-refractivity contribution in [1.82, 2.24) is 15.3 Å². The Morgan fingerprint density at radius 2 is 2.08 bits per heavy atom. The van der Waals surface area contributed by atoms with Gasteiger partial charge in [-0.15, -0.1) is 11.3 Å². The average molecular weight is 337 g/mol. The van der Waals surface area contributed by atoms with Crippen LogP contribution >= 0.6 is 11.3 Å². The average Bonchev–Trinajstić information content (AvgIpc) is 3.07. The third kappa shape index (κ3) is 3.86. The van der Waals surface area contributed by atoms with E-state index in [0.29, 0.717) is 12.1 Å². The predicted octanol–water partition coefficient (Wildman–Crippen LogP) is 3.79. The van der Waals surface area contributed by atoms with Crippen LogP contribution < -0.4 is 5.32 Å². The monoisotopic (exact) mass is 337 g/mol. The summed E-state index contributed by atoms with van der Waals surface area (Å²) < 4.78 is 0. The van der Waals surface area contributed by atoms with E-state index in [2.05, 4.69) is 15.3 Å². The lowest BCUT2D eigenvalue weighted by Gasteiger charge is -2.06. The minimum absolute atomic E-state index is 0.0397. The van der Waals surface area contributed by atoms with E-state index < -0.39 is 0 Å². The molecule has 3 rings (SSSR count). The Labute approximate surface area is 145 Å². The third-order valence-electron chi connectivity index (χ3n) is 3.90. The third-order valence-corrected chi connectivity index (χ3v) is 4.81. The lowest BCUT2D eigenvalue weighted by molar-refractivity contribution is 0.0954. The first-order valence-corrected chi connectivity index (χ1v) is 8.72. The number of rotatable bonds is 5. The van der Waals surface area contributed by atoms with Gasteiger partial charge in [-0.25, -0.2) is 4.98 Å². The van der Waals surface area contributed by atoms with Crippen LogP contribution in [0.5, 0.6) is 0 Å². The maximum Gasteiger partial charge on any atom is 0.251 e. The SMILES string of the molecule is Cc1ccc(C(=O)NCCc2nc(-c3cccnc3)cs2)cc1C. The Balaban J connectivity index is 1.56. The minimum Gasteiger partial charge on any atom is -0.352 e. The van der Waals surface area contributed by atoms with Crippen LogP contribution in [-0.4, -0.2) is 22.4 Å². The normalized spacial score (nSPS) is 10.6. The molecular weight excluding hydrogens is 318 g/mol. The van der Waals surface area contributed by atoms with E-state index in [4.69, 9.17) is 0 Å². The first-order chi connectivity index (χ1) is 11.6. The molecule has 5 heteroatoms. The van der Waals surface area contributed by atoms with Gasteiger partial charge in [0.2, 0.25) is 0 Å². The number of pyridine rings is 1. The van der Waals surface area contributed by atoms with Crippen molar-refractivity contribution in [3.8, 4) is 11.3 Å². The zero-order chi connectivity index (χ0) is 16.9. The number of aryl methyl sites for hydroxylation is 2. The largest absolute Gasteiger partial charge is 0.352 e. The van der Waals surface area contributed by atoms with Gasteiger partial charge in [0.25, 0.3) is 5.91 Å². The highest BCUT2D eigenvalue weighted by molar-refractivity contribution is 7.09. The first-order valence-electron chi connectivity index (χ1n) is 7.84.